The van der Waals surface area contributed by atoms with Gasteiger partial charge in [0.2, 0.25) is 0 Å². The maximum absolute atomic E-state index is 5.21. The lowest BCUT2D eigenvalue weighted by atomic mass is 9.99. The van der Waals surface area contributed by atoms with Crippen molar-refractivity contribution in [3.8, 4) is 78.8 Å². The molecule has 0 atom stereocenters. The van der Waals surface area contributed by atoms with Crippen LogP contribution in [-0.4, -0.2) is 19.9 Å². The predicted molar refractivity (Wildman–Crippen MR) is 231 cm³/mol. The Hall–Kier alpha value is -7.56. The van der Waals surface area contributed by atoms with E-state index in [2.05, 4.69) is 188 Å². The predicted octanol–water partition coefficient (Wildman–Crippen LogP) is 13.2. The monoisotopic (exact) mass is 714 g/mol. The first-order valence-corrected chi connectivity index (χ1v) is 18.8. The van der Waals surface area contributed by atoms with Gasteiger partial charge in [0.25, 0.3) is 0 Å². The number of hydrogen-bond acceptors (Lipinski definition) is 4. The highest BCUT2D eigenvalue weighted by atomic mass is 14.9. The van der Waals surface area contributed by atoms with E-state index in [1.165, 1.54) is 5.39 Å². The van der Waals surface area contributed by atoms with Crippen molar-refractivity contribution in [2.75, 3.05) is 0 Å². The Kier molecular flexibility index (Phi) is 8.47. The van der Waals surface area contributed by atoms with Crippen molar-refractivity contribution in [2.45, 2.75) is 0 Å². The van der Waals surface area contributed by atoms with Crippen LogP contribution in [0, 0.1) is 0 Å². The van der Waals surface area contributed by atoms with Gasteiger partial charge in [0.1, 0.15) is 0 Å². The zero-order chi connectivity index (χ0) is 37.3. The Labute approximate surface area is 325 Å². The quantitative estimate of drug-likeness (QED) is 0.165. The standard InChI is InChI=1S/C52H34N4/c1-4-13-35(14-5-1)42-21-12-22-44(31-42)49-34-48(54-52(55-49)45-28-23-37-17-10-11-20-41(37)32-45)38-24-26-40(27-25-38)51-53-47-30-29-43(36-15-6-2-7-16-36)33-46(47)50(56-51)39-18-8-3-9-19-39/h1-34H. The van der Waals surface area contributed by atoms with Crippen LogP contribution in [0.15, 0.2) is 206 Å². The second-order valence-electron chi connectivity index (χ2n) is 13.9. The van der Waals surface area contributed by atoms with Gasteiger partial charge in [0.05, 0.1) is 22.6 Å². The summed E-state index contributed by atoms with van der Waals surface area (Å²) in [5.74, 6) is 1.35. The highest BCUT2D eigenvalue weighted by molar-refractivity contribution is 5.96. The van der Waals surface area contributed by atoms with Crippen molar-refractivity contribution in [3.05, 3.63) is 206 Å². The molecule has 0 unspecified atom stereocenters. The lowest BCUT2D eigenvalue weighted by Crippen LogP contribution is -1.97. The summed E-state index contributed by atoms with van der Waals surface area (Å²) in [5, 5.41) is 3.35. The maximum atomic E-state index is 5.21. The Morgan fingerprint density at radius 1 is 0.250 bits per heavy atom. The van der Waals surface area contributed by atoms with E-state index in [1.54, 1.807) is 0 Å². The van der Waals surface area contributed by atoms with Crippen molar-refractivity contribution in [1.29, 1.82) is 0 Å². The van der Waals surface area contributed by atoms with Gasteiger partial charge in [-0.05, 0) is 63.4 Å². The van der Waals surface area contributed by atoms with Crippen molar-refractivity contribution < 1.29 is 0 Å². The van der Waals surface area contributed by atoms with Crippen LogP contribution in [0.4, 0.5) is 0 Å². The number of hydrogen-bond donors (Lipinski definition) is 0. The summed E-state index contributed by atoms with van der Waals surface area (Å²) >= 11 is 0. The van der Waals surface area contributed by atoms with Gasteiger partial charge in [-0.15, -0.1) is 0 Å². The molecule has 0 fully saturated rings. The van der Waals surface area contributed by atoms with Crippen molar-refractivity contribution >= 4 is 21.7 Å². The van der Waals surface area contributed by atoms with E-state index in [1.807, 2.05) is 18.2 Å². The molecule has 262 valence electrons. The Morgan fingerprint density at radius 3 is 1.48 bits per heavy atom. The average Bonchev–Trinajstić information content (AvgIpc) is 3.29. The van der Waals surface area contributed by atoms with Gasteiger partial charge in [-0.3, -0.25) is 0 Å². The largest absolute Gasteiger partial charge is 0.228 e. The average molecular weight is 715 g/mol. The van der Waals surface area contributed by atoms with Crippen LogP contribution in [0.1, 0.15) is 0 Å². The molecule has 56 heavy (non-hydrogen) atoms. The molecule has 0 aliphatic heterocycles. The van der Waals surface area contributed by atoms with Crippen molar-refractivity contribution in [1.82, 2.24) is 19.9 Å². The Morgan fingerprint density at radius 2 is 0.768 bits per heavy atom. The third kappa shape index (κ3) is 6.50. The van der Waals surface area contributed by atoms with E-state index in [0.29, 0.717) is 11.6 Å². The minimum Gasteiger partial charge on any atom is -0.228 e. The Balaban J connectivity index is 1.07. The molecule has 10 aromatic rings. The van der Waals surface area contributed by atoms with E-state index in [9.17, 15) is 0 Å². The first kappa shape index (κ1) is 33.0. The molecule has 0 amide bonds. The Bertz CT molecular complexity index is 3000. The van der Waals surface area contributed by atoms with Crippen LogP contribution in [-0.2, 0) is 0 Å². The summed E-state index contributed by atoms with van der Waals surface area (Å²) in [5.41, 5.74) is 13.1. The van der Waals surface area contributed by atoms with Gasteiger partial charge in [-0.2, -0.15) is 0 Å². The topological polar surface area (TPSA) is 51.6 Å². The minimum atomic E-state index is 0.674. The normalized spacial score (nSPS) is 11.2. The molecule has 0 N–H and O–H groups in total. The number of fused-ring (bicyclic) bond motifs is 2. The number of aromatic nitrogens is 4. The van der Waals surface area contributed by atoms with Crippen molar-refractivity contribution in [3.63, 3.8) is 0 Å². The fraction of sp³-hybridized carbons (Fsp3) is 0. The summed E-state index contributed by atoms with van der Waals surface area (Å²) in [6, 6.07) is 71.6. The fourth-order valence-electron chi connectivity index (χ4n) is 7.36. The molecule has 0 saturated carbocycles. The maximum Gasteiger partial charge on any atom is 0.160 e. The van der Waals surface area contributed by atoms with Crippen molar-refractivity contribution in [2.24, 2.45) is 0 Å². The highest BCUT2D eigenvalue weighted by Crippen LogP contribution is 2.35. The van der Waals surface area contributed by atoms with E-state index in [-0.39, 0.29) is 0 Å². The van der Waals surface area contributed by atoms with Gasteiger partial charge >= 0.3 is 0 Å². The molecule has 0 aliphatic rings. The molecule has 0 bridgehead atoms. The van der Waals surface area contributed by atoms with Crippen LogP contribution >= 0.6 is 0 Å². The summed E-state index contributed by atoms with van der Waals surface area (Å²) in [6.07, 6.45) is 0. The van der Waals surface area contributed by atoms with E-state index < -0.39 is 0 Å². The molecule has 2 heterocycles. The molecule has 8 aromatic carbocycles. The lowest BCUT2D eigenvalue weighted by Gasteiger charge is -2.13. The van der Waals surface area contributed by atoms with Crippen LogP contribution in [0.5, 0.6) is 0 Å². The zero-order valence-corrected chi connectivity index (χ0v) is 30.4. The van der Waals surface area contributed by atoms with Crippen LogP contribution in [0.2, 0.25) is 0 Å². The summed E-state index contributed by atoms with van der Waals surface area (Å²) in [7, 11) is 0. The van der Waals surface area contributed by atoms with Crippen LogP contribution in [0.25, 0.3) is 100 Å². The first-order chi connectivity index (χ1) is 27.7. The SMILES string of the molecule is c1ccc(-c2cccc(-c3cc(-c4ccc(-c5nc(-c6ccccc6)c6cc(-c7ccccc7)ccc6n5)cc4)nc(-c4ccc5ccccc5c4)n3)c2)cc1. The molecule has 0 saturated heterocycles. The zero-order valence-electron chi connectivity index (χ0n) is 30.4. The van der Waals surface area contributed by atoms with E-state index >= 15 is 0 Å². The number of nitrogens with zero attached hydrogens (tertiary/aromatic N) is 4. The minimum absolute atomic E-state index is 0.674. The van der Waals surface area contributed by atoms with E-state index in [4.69, 9.17) is 19.9 Å². The summed E-state index contributed by atoms with van der Waals surface area (Å²) < 4.78 is 0. The van der Waals surface area contributed by atoms with Gasteiger partial charge in [0.15, 0.2) is 11.6 Å². The van der Waals surface area contributed by atoms with Gasteiger partial charge in [0, 0.05) is 33.2 Å². The molecule has 0 spiro atoms. The number of benzene rings is 8. The number of rotatable bonds is 7. The molecular weight excluding hydrogens is 681 g/mol. The highest BCUT2D eigenvalue weighted by Gasteiger charge is 2.15. The molecular formula is C52H34N4. The molecule has 2 aromatic heterocycles. The fourth-order valence-corrected chi connectivity index (χ4v) is 7.36. The third-order valence-corrected chi connectivity index (χ3v) is 10.3. The first-order valence-electron chi connectivity index (χ1n) is 18.8. The second-order valence-corrected chi connectivity index (χ2v) is 13.9. The van der Waals surface area contributed by atoms with Gasteiger partial charge in [-0.1, -0.05) is 176 Å². The molecule has 4 heteroatoms. The molecule has 0 aliphatic carbocycles. The second kappa shape index (κ2) is 14.3. The molecule has 4 nitrogen and oxygen atoms in total. The van der Waals surface area contributed by atoms with E-state index in [0.717, 1.165) is 83.4 Å². The molecule has 0 radical (unpaired) electrons. The smallest absolute Gasteiger partial charge is 0.160 e. The third-order valence-electron chi connectivity index (χ3n) is 10.3. The van der Waals surface area contributed by atoms with Crippen LogP contribution < -0.4 is 0 Å². The van der Waals surface area contributed by atoms with Gasteiger partial charge < -0.3 is 0 Å². The summed E-state index contributed by atoms with van der Waals surface area (Å²) in [6.45, 7) is 0. The van der Waals surface area contributed by atoms with Crippen LogP contribution in [0.3, 0.4) is 0 Å². The lowest BCUT2D eigenvalue weighted by molar-refractivity contribution is 1.18. The van der Waals surface area contributed by atoms with Gasteiger partial charge in [-0.25, -0.2) is 19.9 Å². The molecule has 10 rings (SSSR count). The summed E-state index contributed by atoms with van der Waals surface area (Å²) in [4.78, 5) is 20.6.